The minimum Gasteiger partial charge on any atom is -0.322 e. The molecule has 2 fully saturated rings. The fourth-order valence-electron chi connectivity index (χ4n) is 4.33. The van der Waals surface area contributed by atoms with E-state index >= 15 is 0 Å². The van der Waals surface area contributed by atoms with Gasteiger partial charge in [-0.15, -0.1) is 0 Å². The van der Waals surface area contributed by atoms with Gasteiger partial charge in [0.05, 0.1) is 0 Å². The van der Waals surface area contributed by atoms with Crippen LogP contribution >= 0.6 is 0 Å². The molecule has 1 aromatic carbocycles. The summed E-state index contributed by atoms with van der Waals surface area (Å²) < 4.78 is 0. The molecule has 3 aliphatic heterocycles. The first kappa shape index (κ1) is 18.1. The highest BCUT2D eigenvalue weighted by molar-refractivity contribution is 6.05. The van der Waals surface area contributed by atoms with Gasteiger partial charge < -0.3 is 15.5 Å². The van der Waals surface area contributed by atoms with E-state index in [4.69, 9.17) is 0 Å². The van der Waals surface area contributed by atoms with E-state index in [0.29, 0.717) is 31.1 Å². The Labute approximate surface area is 158 Å². The van der Waals surface area contributed by atoms with Crippen LogP contribution in [-0.4, -0.2) is 46.8 Å². The molecule has 0 saturated carbocycles. The number of nitrogens with zero attached hydrogens (tertiary/aromatic N) is 1. The van der Waals surface area contributed by atoms with E-state index in [1.807, 2.05) is 18.2 Å². The summed E-state index contributed by atoms with van der Waals surface area (Å²) in [7, 11) is 0. The van der Waals surface area contributed by atoms with Gasteiger partial charge in [-0.25, -0.2) is 0 Å². The SMILES string of the molecule is CC1(C)NCCC1NCc1ccc2c(c1)C(=O)N(C1CCC(=O)NC1=O)C2. The number of imide groups is 1. The second-order valence-corrected chi connectivity index (χ2v) is 8.26. The van der Waals surface area contributed by atoms with Crippen molar-refractivity contribution in [2.75, 3.05) is 6.54 Å². The molecular formula is C20H26N4O3. The fraction of sp³-hybridized carbons (Fsp3) is 0.550. The third-order valence-corrected chi connectivity index (χ3v) is 6.03. The summed E-state index contributed by atoms with van der Waals surface area (Å²) in [6, 6.07) is 5.79. The molecule has 7 nitrogen and oxygen atoms in total. The van der Waals surface area contributed by atoms with Crippen molar-refractivity contribution < 1.29 is 14.4 Å². The average Bonchev–Trinajstić information content (AvgIpc) is 3.12. The zero-order valence-electron chi connectivity index (χ0n) is 15.8. The number of amides is 3. The molecule has 27 heavy (non-hydrogen) atoms. The second kappa shape index (κ2) is 6.73. The van der Waals surface area contributed by atoms with Crippen molar-refractivity contribution in [1.82, 2.24) is 20.9 Å². The van der Waals surface area contributed by atoms with Crippen LogP contribution in [0.4, 0.5) is 0 Å². The van der Waals surface area contributed by atoms with Gasteiger partial charge in [-0.1, -0.05) is 12.1 Å². The average molecular weight is 370 g/mol. The van der Waals surface area contributed by atoms with E-state index in [-0.39, 0.29) is 29.7 Å². The number of carbonyl (C=O) groups excluding carboxylic acids is 3. The molecule has 3 heterocycles. The van der Waals surface area contributed by atoms with E-state index in [0.717, 1.165) is 24.1 Å². The summed E-state index contributed by atoms with van der Waals surface area (Å²) in [4.78, 5) is 37.9. The molecule has 1 aromatic rings. The van der Waals surface area contributed by atoms with Crippen molar-refractivity contribution in [2.45, 2.75) is 63.8 Å². The molecule has 144 valence electrons. The Bertz CT molecular complexity index is 804. The van der Waals surface area contributed by atoms with Crippen LogP contribution in [0.25, 0.3) is 0 Å². The second-order valence-electron chi connectivity index (χ2n) is 8.26. The van der Waals surface area contributed by atoms with E-state index in [1.54, 1.807) is 4.90 Å². The lowest BCUT2D eigenvalue weighted by Gasteiger charge is -2.29. The first-order valence-corrected chi connectivity index (χ1v) is 9.60. The Morgan fingerprint density at radius 3 is 2.74 bits per heavy atom. The Morgan fingerprint density at radius 2 is 2.04 bits per heavy atom. The van der Waals surface area contributed by atoms with Crippen molar-refractivity contribution in [3.05, 3.63) is 34.9 Å². The van der Waals surface area contributed by atoms with Gasteiger partial charge >= 0.3 is 0 Å². The van der Waals surface area contributed by atoms with Crippen molar-refractivity contribution in [3.63, 3.8) is 0 Å². The van der Waals surface area contributed by atoms with Gasteiger partial charge in [0.15, 0.2) is 0 Å². The maximum Gasteiger partial charge on any atom is 0.255 e. The smallest absolute Gasteiger partial charge is 0.255 e. The van der Waals surface area contributed by atoms with Gasteiger partial charge in [0, 0.05) is 36.7 Å². The molecule has 0 spiro atoms. The molecule has 0 radical (unpaired) electrons. The Kier molecular flexibility index (Phi) is 4.52. The lowest BCUT2D eigenvalue weighted by atomic mass is 9.96. The highest BCUT2D eigenvalue weighted by atomic mass is 16.2. The maximum absolute atomic E-state index is 12.9. The monoisotopic (exact) mass is 370 g/mol. The van der Waals surface area contributed by atoms with Gasteiger partial charge in [-0.05, 0) is 50.4 Å². The van der Waals surface area contributed by atoms with Crippen LogP contribution in [0.3, 0.4) is 0 Å². The molecule has 3 aliphatic rings. The van der Waals surface area contributed by atoms with Crippen LogP contribution in [0, 0.1) is 0 Å². The molecule has 2 saturated heterocycles. The van der Waals surface area contributed by atoms with E-state index in [9.17, 15) is 14.4 Å². The molecule has 0 bridgehead atoms. The van der Waals surface area contributed by atoms with E-state index < -0.39 is 6.04 Å². The number of hydrogen-bond donors (Lipinski definition) is 3. The van der Waals surface area contributed by atoms with Gasteiger partial charge in [-0.2, -0.15) is 0 Å². The highest BCUT2D eigenvalue weighted by Gasteiger charge is 2.39. The van der Waals surface area contributed by atoms with Crippen LogP contribution in [0.15, 0.2) is 18.2 Å². The summed E-state index contributed by atoms with van der Waals surface area (Å²) in [5.74, 6) is -0.757. The summed E-state index contributed by atoms with van der Waals surface area (Å²) >= 11 is 0. The highest BCUT2D eigenvalue weighted by Crippen LogP contribution is 2.28. The normalized spacial score (nSPS) is 27.0. The van der Waals surface area contributed by atoms with Crippen LogP contribution in [-0.2, 0) is 22.7 Å². The zero-order chi connectivity index (χ0) is 19.2. The number of carbonyl (C=O) groups is 3. The van der Waals surface area contributed by atoms with Crippen LogP contribution in [0.5, 0.6) is 0 Å². The number of piperidine rings is 1. The minimum absolute atomic E-state index is 0.0646. The molecule has 2 unspecified atom stereocenters. The number of fused-ring (bicyclic) bond motifs is 1. The summed E-state index contributed by atoms with van der Waals surface area (Å²) in [6.45, 7) is 6.53. The molecular weight excluding hydrogens is 344 g/mol. The van der Waals surface area contributed by atoms with Crippen molar-refractivity contribution in [1.29, 1.82) is 0 Å². The van der Waals surface area contributed by atoms with E-state index in [2.05, 4.69) is 29.8 Å². The van der Waals surface area contributed by atoms with Crippen molar-refractivity contribution in [2.24, 2.45) is 0 Å². The maximum atomic E-state index is 12.9. The predicted octanol–water partition coefficient (Wildman–Crippen LogP) is 0.678. The van der Waals surface area contributed by atoms with Crippen molar-refractivity contribution >= 4 is 17.7 Å². The van der Waals surface area contributed by atoms with Crippen LogP contribution in [0.2, 0.25) is 0 Å². The minimum atomic E-state index is -0.561. The quantitative estimate of drug-likeness (QED) is 0.678. The standard InChI is InChI=1S/C20H26N4O3/c1-20(2)16(7-8-22-20)21-10-12-3-4-13-11-24(19(27)14(13)9-12)15-5-6-17(25)23-18(15)26/h3-4,9,15-16,21-22H,5-8,10-11H2,1-2H3,(H,23,25,26). The molecule has 2 atom stereocenters. The largest absolute Gasteiger partial charge is 0.322 e. The summed E-state index contributed by atoms with van der Waals surface area (Å²) in [6.07, 6.45) is 1.75. The third kappa shape index (κ3) is 3.37. The molecule has 3 N–H and O–H groups in total. The van der Waals surface area contributed by atoms with Gasteiger partial charge in [0.2, 0.25) is 11.8 Å². The van der Waals surface area contributed by atoms with Gasteiger partial charge in [0.25, 0.3) is 5.91 Å². The van der Waals surface area contributed by atoms with Crippen LogP contribution < -0.4 is 16.0 Å². The van der Waals surface area contributed by atoms with E-state index in [1.165, 1.54) is 0 Å². The number of benzene rings is 1. The first-order chi connectivity index (χ1) is 12.8. The molecule has 0 aliphatic carbocycles. The fourth-order valence-corrected chi connectivity index (χ4v) is 4.33. The number of hydrogen-bond acceptors (Lipinski definition) is 5. The molecule has 7 heteroatoms. The third-order valence-electron chi connectivity index (χ3n) is 6.03. The lowest BCUT2D eigenvalue weighted by molar-refractivity contribution is -0.136. The number of rotatable bonds is 4. The van der Waals surface area contributed by atoms with Crippen LogP contribution in [0.1, 0.15) is 54.6 Å². The van der Waals surface area contributed by atoms with Gasteiger partial charge in [-0.3, -0.25) is 19.7 Å². The lowest BCUT2D eigenvalue weighted by Crippen LogP contribution is -2.52. The Balaban J connectivity index is 1.45. The van der Waals surface area contributed by atoms with Crippen molar-refractivity contribution in [3.8, 4) is 0 Å². The Morgan fingerprint density at radius 1 is 1.22 bits per heavy atom. The molecule has 4 rings (SSSR count). The number of nitrogens with one attached hydrogen (secondary N) is 3. The Hall–Kier alpha value is -2.25. The molecule has 3 amide bonds. The summed E-state index contributed by atoms with van der Waals surface area (Å²) in [5.41, 5.74) is 2.74. The van der Waals surface area contributed by atoms with Gasteiger partial charge in [0.1, 0.15) is 6.04 Å². The topological polar surface area (TPSA) is 90.5 Å². The first-order valence-electron chi connectivity index (χ1n) is 9.60. The summed E-state index contributed by atoms with van der Waals surface area (Å²) in [5, 5.41) is 9.42. The molecule has 0 aromatic heterocycles. The predicted molar refractivity (Wildman–Crippen MR) is 99.8 cm³/mol. The zero-order valence-corrected chi connectivity index (χ0v) is 15.8.